The molecule has 0 aliphatic carbocycles. The van der Waals surface area contributed by atoms with Crippen LogP contribution in [0.5, 0.6) is 11.5 Å². The number of aromatic carboxylic acids is 1. The molecule has 0 saturated heterocycles. The zero-order valence-electron chi connectivity index (χ0n) is 20.5. The number of carboxylic acids is 1. The van der Waals surface area contributed by atoms with E-state index in [0.29, 0.717) is 11.3 Å². The lowest BCUT2D eigenvalue weighted by Gasteiger charge is -2.25. The van der Waals surface area contributed by atoms with Crippen LogP contribution in [0.1, 0.15) is 33.3 Å². The van der Waals surface area contributed by atoms with Crippen LogP contribution in [0, 0.1) is 11.2 Å². The van der Waals surface area contributed by atoms with E-state index >= 15 is 4.39 Å². The Kier molecular flexibility index (Phi) is 8.31. The fourth-order valence-corrected chi connectivity index (χ4v) is 4.36. The number of nitrogens with two attached hydrogens (primary N) is 1. The number of aromatic nitrogens is 1. The summed E-state index contributed by atoms with van der Waals surface area (Å²) in [6, 6.07) is 6.55. The molecule has 13 nitrogen and oxygen atoms in total. The second-order valence-corrected chi connectivity index (χ2v) is 9.03. The van der Waals surface area contributed by atoms with E-state index < -0.39 is 29.8 Å². The predicted molar refractivity (Wildman–Crippen MR) is 139 cm³/mol. The van der Waals surface area contributed by atoms with Gasteiger partial charge in [-0.1, -0.05) is 5.22 Å². The normalized spacial score (nSPS) is 15.3. The van der Waals surface area contributed by atoms with E-state index in [1.54, 1.807) is 24.3 Å². The molecular weight excluding hydrogens is 533 g/mol. The van der Waals surface area contributed by atoms with E-state index in [1.807, 2.05) is 0 Å². The van der Waals surface area contributed by atoms with Crippen molar-refractivity contribution >= 4 is 40.6 Å². The van der Waals surface area contributed by atoms with Gasteiger partial charge in [0.2, 0.25) is 0 Å². The fourth-order valence-electron chi connectivity index (χ4n) is 3.76. The Morgan fingerprint density at radius 2 is 2.08 bits per heavy atom. The van der Waals surface area contributed by atoms with E-state index in [9.17, 15) is 14.7 Å². The summed E-state index contributed by atoms with van der Waals surface area (Å²) in [5, 5.41) is 37.9. The Bertz CT molecular complexity index is 1410. The van der Waals surface area contributed by atoms with Gasteiger partial charge in [0.15, 0.2) is 28.3 Å². The maximum atomic E-state index is 15.8. The van der Waals surface area contributed by atoms with Crippen LogP contribution in [0.3, 0.4) is 0 Å². The van der Waals surface area contributed by atoms with Crippen LogP contribution in [0.25, 0.3) is 0 Å². The number of anilines is 2. The van der Waals surface area contributed by atoms with E-state index in [4.69, 9.17) is 25.7 Å². The molecule has 204 valence electrons. The van der Waals surface area contributed by atoms with Crippen molar-refractivity contribution in [3.63, 3.8) is 0 Å². The lowest BCUT2D eigenvalue weighted by Crippen LogP contribution is -2.37. The molecule has 4 rings (SSSR count). The van der Waals surface area contributed by atoms with Crippen molar-refractivity contribution < 1.29 is 33.7 Å². The molecule has 0 spiro atoms. The Morgan fingerprint density at radius 3 is 2.72 bits per heavy atom. The van der Waals surface area contributed by atoms with Gasteiger partial charge >= 0.3 is 5.97 Å². The summed E-state index contributed by atoms with van der Waals surface area (Å²) in [7, 11) is 1.38. The van der Waals surface area contributed by atoms with Gasteiger partial charge < -0.3 is 30.7 Å². The molecule has 1 aliphatic heterocycles. The number of thiazole rings is 1. The number of methoxy groups -OCH3 is 1. The standard InChI is InChI=1S/C24H24FN7O6S/c1-37-14-9-15(17(25)16(10-14)38-8-2-7-33)18(29-13-5-3-12(4-6-13)21(26)27)19-23(34)32(31-30-19)22-20(24(35)36)39-11-28-22/h3-6,9-11,18-19,29,33H,2,7-8H2,1H3,(H3,26,27)(H,35,36)/t18-,19-/m0/s1. The van der Waals surface area contributed by atoms with Gasteiger partial charge in [0, 0.05) is 35.9 Å². The van der Waals surface area contributed by atoms with E-state index in [-0.39, 0.29) is 53.2 Å². The molecule has 39 heavy (non-hydrogen) atoms. The number of carbonyl (C=O) groups is 2. The van der Waals surface area contributed by atoms with Gasteiger partial charge in [-0.05, 0) is 30.3 Å². The Morgan fingerprint density at radius 1 is 1.33 bits per heavy atom. The van der Waals surface area contributed by atoms with Crippen LogP contribution in [0.4, 0.5) is 15.9 Å². The van der Waals surface area contributed by atoms with Gasteiger partial charge in [-0.2, -0.15) is 10.1 Å². The quantitative estimate of drug-likeness (QED) is 0.126. The number of nitrogens with one attached hydrogen (secondary N) is 2. The number of aliphatic hydroxyl groups is 1. The number of aliphatic hydroxyl groups excluding tert-OH is 1. The van der Waals surface area contributed by atoms with Gasteiger partial charge in [0.1, 0.15) is 11.6 Å². The van der Waals surface area contributed by atoms with Crippen LogP contribution in [-0.4, -0.2) is 59.3 Å². The molecule has 15 heteroatoms. The third-order valence-electron chi connectivity index (χ3n) is 5.68. The minimum atomic E-state index is -1.34. The fraction of sp³-hybridized carbons (Fsp3) is 0.250. The summed E-state index contributed by atoms with van der Waals surface area (Å²) in [4.78, 5) is 28.8. The van der Waals surface area contributed by atoms with E-state index in [0.717, 1.165) is 16.3 Å². The molecule has 3 aromatic rings. The number of nitrogen functional groups attached to an aromatic ring is 1. The predicted octanol–water partition coefficient (Wildman–Crippen LogP) is 2.97. The summed E-state index contributed by atoms with van der Waals surface area (Å²) >= 11 is 0.817. The van der Waals surface area contributed by atoms with Gasteiger partial charge in [-0.25, -0.2) is 14.2 Å². The first-order chi connectivity index (χ1) is 18.7. The molecule has 1 aliphatic rings. The minimum absolute atomic E-state index is 0.0300. The second-order valence-electron chi connectivity index (χ2n) is 8.18. The highest BCUT2D eigenvalue weighted by atomic mass is 32.1. The zero-order valence-corrected chi connectivity index (χ0v) is 21.3. The Labute approximate surface area is 225 Å². The molecule has 0 fully saturated rings. The highest BCUT2D eigenvalue weighted by molar-refractivity contribution is 7.12. The van der Waals surface area contributed by atoms with Gasteiger partial charge in [0.05, 0.1) is 25.3 Å². The number of carboxylic acid groups (broad SMARTS) is 1. The number of carbonyl (C=O) groups excluding carboxylic acids is 1. The number of rotatable bonds is 12. The first-order valence-corrected chi connectivity index (χ1v) is 12.4. The van der Waals surface area contributed by atoms with Crippen molar-refractivity contribution in [1.82, 2.24) is 4.98 Å². The molecule has 1 aromatic heterocycles. The van der Waals surface area contributed by atoms with Crippen molar-refractivity contribution in [3.05, 3.63) is 63.7 Å². The maximum absolute atomic E-state index is 15.8. The summed E-state index contributed by atoms with van der Waals surface area (Å²) < 4.78 is 26.7. The molecule has 0 bridgehead atoms. The molecule has 1 amide bonds. The molecule has 2 heterocycles. The summed E-state index contributed by atoms with van der Waals surface area (Å²) in [6.45, 7) is -0.122. The Hall–Kier alpha value is -4.63. The summed E-state index contributed by atoms with van der Waals surface area (Å²) in [5.41, 5.74) is 7.65. The van der Waals surface area contributed by atoms with Crippen molar-refractivity contribution in [3.8, 4) is 11.5 Å². The van der Waals surface area contributed by atoms with Crippen LogP contribution in [0.2, 0.25) is 0 Å². The van der Waals surface area contributed by atoms with Crippen molar-refractivity contribution in [2.24, 2.45) is 16.1 Å². The van der Waals surface area contributed by atoms with Crippen molar-refractivity contribution in [2.75, 3.05) is 30.6 Å². The molecule has 2 atom stereocenters. The van der Waals surface area contributed by atoms with Crippen molar-refractivity contribution in [1.29, 1.82) is 5.41 Å². The summed E-state index contributed by atoms with van der Waals surface area (Å²) in [6.07, 6.45) is 0.264. The number of hydrogen-bond donors (Lipinski definition) is 5. The number of nitrogens with zero attached hydrogens (tertiary/aromatic N) is 4. The lowest BCUT2D eigenvalue weighted by atomic mass is 9.97. The van der Waals surface area contributed by atoms with Crippen molar-refractivity contribution in [2.45, 2.75) is 18.5 Å². The number of halogens is 1. The first-order valence-electron chi connectivity index (χ1n) is 11.5. The van der Waals surface area contributed by atoms with E-state index in [1.165, 1.54) is 24.8 Å². The SMILES string of the molecule is COc1cc(OCCCO)c(F)c([C@H](Nc2ccc(C(=N)N)cc2)[C@@H]2N=NN(c3ncsc3C(=O)O)C2=O)c1. The number of amides is 1. The Balaban J connectivity index is 1.76. The van der Waals surface area contributed by atoms with Gasteiger partial charge in [0.25, 0.3) is 5.91 Å². The number of hydrogen-bond acceptors (Lipinski definition) is 11. The monoisotopic (exact) mass is 557 g/mol. The number of ether oxygens (including phenoxy) is 2. The van der Waals surface area contributed by atoms with Gasteiger partial charge in [-0.3, -0.25) is 10.2 Å². The first kappa shape index (κ1) is 27.4. The van der Waals surface area contributed by atoms with Crippen LogP contribution < -0.4 is 25.5 Å². The topological polar surface area (TPSA) is 196 Å². The number of benzene rings is 2. The average Bonchev–Trinajstić information content (AvgIpc) is 3.55. The molecule has 6 N–H and O–H groups in total. The second kappa shape index (κ2) is 11.8. The highest BCUT2D eigenvalue weighted by Gasteiger charge is 2.42. The lowest BCUT2D eigenvalue weighted by molar-refractivity contribution is -0.119. The third-order valence-corrected chi connectivity index (χ3v) is 6.48. The van der Waals surface area contributed by atoms with Crippen LogP contribution in [-0.2, 0) is 4.79 Å². The zero-order chi connectivity index (χ0) is 28.1. The minimum Gasteiger partial charge on any atom is -0.497 e. The molecule has 0 radical (unpaired) electrons. The van der Waals surface area contributed by atoms with Gasteiger partial charge in [-0.15, -0.1) is 11.3 Å². The molecule has 0 unspecified atom stereocenters. The highest BCUT2D eigenvalue weighted by Crippen LogP contribution is 2.38. The number of amidine groups is 1. The molecule has 0 saturated carbocycles. The third kappa shape index (κ3) is 5.78. The molecular formula is C24H24FN7O6S. The molecule has 2 aromatic carbocycles. The maximum Gasteiger partial charge on any atom is 0.349 e. The van der Waals surface area contributed by atoms with Crippen LogP contribution in [0.15, 0.2) is 52.2 Å². The van der Waals surface area contributed by atoms with E-state index in [2.05, 4.69) is 20.6 Å². The van der Waals surface area contributed by atoms with Crippen LogP contribution >= 0.6 is 11.3 Å². The largest absolute Gasteiger partial charge is 0.497 e. The summed E-state index contributed by atoms with van der Waals surface area (Å²) in [5.74, 6) is -3.11. The smallest absolute Gasteiger partial charge is 0.349 e. The average molecular weight is 558 g/mol.